The van der Waals surface area contributed by atoms with Gasteiger partial charge < -0.3 is 4.74 Å². The Morgan fingerprint density at radius 2 is 1.69 bits per heavy atom. The zero-order chi connectivity index (χ0) is 12.0. The molecule has 0 bridgehead atoms. The van der Waals surface area contributed by atoms with E-state index in [-0.39, 0.29) is 0 Å². The molecule has 1 nitrogen and oxygen atoms in total. The molecule has 0 spiro atoms. The van der Waals surface area contributed by atoms with Crippen LogP contribution in [0, 0.1) is 11.8 Å². The Morgan fingerprint density at radius 3 is 2.25 bits per heavy atom. The van der Waals surface area contributed by atoms with Crippen molar-refractivity contribution < 1.29 is 4.74 Å². The molecule has 0 aliphatic heterocycles. The van der Waals surface area contributed by atoms with Crippen molar-refractivity contribution in [3.05, 3.63) is 35.9 Å². The lowest BCUT2D eigenvalue weighted by Crippen LogP contribution is -2.23. The molecule has 0 amide bonds. The lowest BCUT2D eigenvalue weighted by molar-refractivity contribution is 0.00232. The van der Waals surface area contributed by atoms with Gasteiger partial charge in [0.1, 0.15) is 0 Å². The topological polar surface area (TPSA) is 9.23 Å². The molecule has 0 heterocycles. The molecule has 0 saturated heterocycles. The summed E-state index contributed by atoms with van der Waals surface area (Å²) in [4.78, 5) is 0. The van der Waals surface area contributed by atoms with E-state index in [1.165, 1.54) is 12.0 Å². The highest BCUT2D eigenvalue weighted by Gasteiger charge is 2.18. The van der Waals surface area contributed by atoms with Crippen molar-refractivity contribution in [2.45, 2.75) is 46.8 Å². The Bertz CT molecular complexity index is 281. The van der Waals surface area contributed by atoms with Gasteiger partial charge >= 0.3 is 0 Å². The summed E-state index contributed by atoms with van der Waals surface area (Å²) in [5.74, 6) is 1.35. The summed E-state index contributed by atoms with van der Waals surface area (Å²) in [6.07, 6.45) is 1.55. The normalized spacial score (nSPS) is 16.8. The predicted molar refractivity (Wildman–Crippen MR) is 69.3 cm³/mol. The van der Waals surface area contributed by atoms with Crippen LogP contribution in [0.2, 0.25) is 0 Å². The maximum absolute atomic E-state index is 5.91. The van der Waals surface area contributed by atoms with Gasteiger partial charge in [-0.2, -0.15) is 0 Å². The molecule has 0 radical (unpaired) electrons. The quantitative estimate of drug-likeness (QED) is 0.695. The van der Waals surface area contributed by atoms with Crippen molar-refractivity contribution in [3.8, 4) is 0 Å². The highest BCUT2D eigenvalue weighted by Crippen LogP contribution is 2.21. The number of hydrogen-bond acceptors (Lipinski definition) is 1. The van der Waals surface area contributed by atoms with E-state index in [2.05, 4.69) is 52.0 Å². The van der Waals surface area contributed by atoms with Gasteiger partial charge in [-0.3, -0.25) is 0 Å². The molecule has 0 aromatic heterocycles. The third kappa shape index (κ3) is 3.97. The zero-order valence-corrected chi connectivity index (χ0v) is 10.9. The molecule has 90 valence electrons. The SMILES string of the molecule is CC[C@H](C)[C@H](C)[C@@H](C)OCc1ccccc1. The molecule has 1 aromatic carbocycles. The lowest BCUT2D eigenvalue weighted by atomic mass is 9.89. The Labute approximate surface area is 99.8 Å². The molecule has 1 rings (SSSR count). The van der Waals surface area contributed by atoms with Gasteiger partial charge in [0.2, 0.25) is 0 Å². The largest absolute Gasteiger partial charge is 0.374 e. The average Bonchev–Trinajstić information content (AvgIpc) is 2.35. The van der Waals surface area contributed by atoms with Crippen LogP contribution in [0.3, 0.4) is 0 Å². The van der Waals surface area contributed by atoms with Crippen LogP contribution in [0.15, 0.2) is 30.3 Å². The Balaban J connectivity index is 2.38. The first-order valence-electron chi connectivity index (χ1n) is 6.30. The third-order valence-corrected chi connectivity index (χ3v) is 3.64. The summed E-state index contributed by atoms with van der Waals surface area (Å²) in [6.45, 7) is 9.73. The fourth-order valence-electron chi connectivity index (χ4n) is 1.79. The summed E-state index contributed by atoms with van der Waals surface area (Å²) in [5.41, 5.74) is 1.26. The first kappa shape index (κ1) is 13.2. The van der Waals surface area contributed by atoms with Crippen molar-refractivity contribution in [2.24, 2.45) is 11.8 Å². The fourth-order valence-corrected chi connectivity index (χ4v) is 1.79. The molecule has 16 heavy (non-hydrogen) atoms. The van der Waals surface area contributed by atoms with Crippen LogP contribution in [0.4, 0.5) is 0 Å². The molecule has 0 aliphatic carbocycles. The maximum Gasteiger partial charge on any atom is 0.0720 e. The fraction of sp³-hybridized carbons (Fsp3) is 0.600. The maximum atomic E-state index is 5.91. The molecular weight excluding hydrogens is 196 g/mol. The van der Waals surface area contributed by atoms with Crippen molar-refractivity contribution in [3.63, 3.8) is 0 Å². The Hall–Kier alpha value is -0.820. The predicted octanol–water partition coefficient (Wildman–Crippen LogP) is 4.27. The molecule has 0 fully saturated rings. The van der Waals surface area contributed by atoms with Crippen LogP contribution in [0.5, 0.6) is 0 Å². The molecule has 1 heteroatoms. The van der Waals surface area contributed by atoms with E-state index in [9.17, 15) is 0 Å². The zero-order valence-electron chi connectivity index (χ0n) is 10.9. The van der Waals surface area contributed by atoms with Crippen LogP contribution < -0.4 is 0 Å². The van der Waals surface area contributed by atoms with Crippen LogP contribution >= 0.6 is 0 Å². The minimum absolute atomic E-state index is 0.329. The highest BCUT2D eigenvalue weighted by atomic mass is 16.5. The van der Waals surface area contributed by atoms with Crippen molar-refractivity contribution in [1.29, 1.82) is 0 Å². The van der Waals surface area contributed by atoms with E-state index in [0.717, 1.165) is 12.5 Å². The summed E-state index contributed by atoms with van der Waals surface area (Å²) >= 11 is 0. The highest BCUT2D eigenvalue weighted by molar-refractivity contribution is 5.13. The van der Waals surface area contributed by atoms with E-state index in [1.54, 1.807) is 0 Å². The number of rotatable bonds is 6. The number of benzene rings is 1. The molecule has 1 aromatic rings. The summed E-state index contributed by atoms with van der Waals surface area (Å²) in [7, 11) is 0. The molecule has 0 N–H and O–H groups in total. The molecule has 0 aliphatic rings. The number of ether oxygens (including phenoxy) is 1. The van der Waals surface area contributed by atoms with E-state index >= 15 is 0 Å². The van der Waals surface area contributed by atoms with Gasteiger partial charge in [0, 0.05) is 0 Å². The minimum Gasteiger partial charge on any atom is -0.374 e. The van der Waals surface area contributed by atoms with Gasteiger partial charge in [-0.25, -0.2) is 0 Å². The smallest absolute Gasteiger partial charge is 0.0720 e. The monoisotopic (exact) mass is 220 g/mol. The third-order valence-electron chi connectivity index (χ3n) is 3.64. The standard InChI is InChI=1S/C15H24O/c1-5-12(2)13(3)14(4)16-11-15-9-7-6-8-10-15/h6-10,12-14H,5,11H2,1-4H3/t12-,13-,14+/m0/s1. The molecule has 0 saturated carbocycles. The van der Waals surface area contributed by atoms with Crippen molar-refractivity contribution in [2.75, 3.05) is 0 Å². The van der Waals surface area contributed by atoms with Gasteiger partial charge in [-0.1, -0.05) is 57.5 Å². The van der Waals surface area contributed by atoms with Crippen LogP contribution in [-0.4, -0.2) is 6.10 Å². The van der Waals surface area contributed by atoms with Crippen LogP contribution in [0.25, 0.3) is 0 Å². The summed E-state index contributed by atoms with van der Waals surface area (Å²) < 4.78 is 5.91. The van der Waals surface area contributed by atoms with E-state index in [0.29, 0.717) is 12.0 Å². The van der Waals surface area contributed by atoms with Crippen LogP contribution in [-0.2, 0) is 11.3 Å². The Morgan fingerprint density at radius 1 is 1.06 bits per heavy atom. The van der Waals surface area contributed by atoms with E-state index < -0.39 is 0 Å². The summed E-state index contributed by atoms with van der Waals surface area (Å²) in [5, 5.41) is 0. The summed E-state index contributed by atoms with van der Waals surface area (Å²) in [6, 6.07) is 10.4. The molecule has 3 atom stereocenters. The molecular formula is C15H24O. The second-order valence-corrected chi connectivity index (χ2v) is 4.75. The van der Waals surface area contributed by atoms with E-state index in [1.807, 2.05) is 6.07 Å². The second-order valence-electron chi connectivity index (χ2n) is 4.75. The first-order chi connectivity index (χ1) is 7.65. The van der Waals surface area contributed by atoms with Gasteiger partial charge in [0.05, 0.1) is 12.7 Å². The lowest BCUT2D eigenvalue weighted by Gasteiger charge is -2.25. The molecule has 0 unspecified atom stereocenters. The second kappa shape index (κ2) is 6.70. The minimum atomic E-state index is 0.329. The van der Waals surface area contributed by atoms with Gasteiger partial charge in [0.25, 0.3) is 0 Å². The van der Waals surface area contributed by atoms with Gasteiger partial charge in [-0.15, -0.1) is 0 Å². The average molecular weight is 220 g/mol. The first-order valence-corrected chi connectivity index (χ1v) is 6.30. The van der Waals surface area contributed by atoms with E-state index in [4.69, 9.17) is 4.74 Å². The van der Waals surface area contributed by atoms with Gasteiger partial charge in [-0.05, 0) is 24.3 Å². The van der Waals surface area contributed by atoms with Crippen LogP contribution in [0.1, 0.15) is 39.7 Å². The Kier molecular flexibility index (Phi) is 5.54. The van der Waals surface area contributed by atoms with Gasteiger partial charge in [0.15, 0.2) is 0 Å². The van der Waals surface area contributed by atoms with Crippen molar-refractivity contribution >= 4 is 0 Å². The van der Waals surface area contributed by atoms with Crippen molar-refractivity contribution in [1.82, 2.24) is 0 Å². The number of hydrogen-bond donors (Lipinski definition) is 0.